The van der Waals surface area contributed by atoms with E-state index >= 15 is 0 Å². The lowest BCUT2D eigenvalue weighted by Crippen LogP contribution is -2.53. The van der Waals surface area contributed by atoms with Crippen molar-refractivity contribution in [3.63, 3.8) is 0 Å². The van der Waals surface area contributed by atoms with Crippen LogP contribution in [0.1, 0.15) is 6.42 Å². The number of carbonyl (C=O) groups excluding carboxylic acids is 1. The maximum absolute atomic E-state index is 11.8. The van der Waals surface area contributed by atoms with Gasteiger partial charge < -0.3 is 15.7 Å². The van der Waals surface area contributed by atoms with Crippen LogP contribution in [-0.2, 0) is 19.4 Å². The molecule has 19 heavy (non-hydrogen) atoms. The first-order valence-electron chi connectivity index (χ1n) is 5.81. The van der Waals surface area contributed by atoms with E-state index in [0.717, 1.165) is 12.0 Å². The fourth-order valence-electron chi connectivity index (χ4n) is 1.60. The van der Waals surface area contributed by atoms with Crippen LogP contribution in [0.25, 0.3) is 0 Å². The van der Waals surface area contributed by atoms with E-state index in [4.69, 9.17) is 5.11 Å². The van der Waals surface area contributed by atoms with Gasteiger partial charge in [-0.05, 0) is 6.42 Å². The highest BCUT2D eigenvalue weighted by atomic mass is 32.2. The molecule has 1 heterocycles. The molecule has 0 saturated carbocycles. The smallest absolute Gasteiger partial charge is 0.326 e. The van der Waals surface area contributed by atoms with Gasteiger partial charge in [0.05, 0.1) is 11.8 Å². The summed E-state index contributed by atoms with van der Waals surface area (Å²) in [6.45, 7) is 0.698. The largest absolute Gasteiger partial charge is 0.480 e. The number of thioether (sulfide) groups is 1. The van der Waals surface area contributed by atoms with Gasteiger partial charge in [0.1, 0.15) is 15.9 Å². The first kappa shape index (κ1) is 16.3. The van der Waals surface area contributed by atoms with Gasteiger partial charge in [0, 0.05) is 24.3 Å². The van der Waals surface area contributed by atoms with Gasteiger partial charge in [0.25, 0.3) is 0 Å². The van der Waals surface area contributed by atoms with Crippen molar-refractivity contribution in [2.24, 2.45) is 0 Å². The predicted octanol–water partition coefficient (Wildman–Crippen LogP) is -1.30. The molecule has 3 N–H and O–H groups in total. The maximum atomic E-state index is 11.8. The van der Waals surface area contributed by atoms with Crippen LogP contribution in [0, 0.1) is 0 Å². The van der Waals surface area contributed by atoms with E-state index in [1.807, 2.05) is 0 Å². The molecule has 0 bridgehead atoms. The van der Waals surface area contributed by atoms with Gasteiger partial charge in [-0.2, -0.15) is 11.8 Å². The lowest BCUT2D eigenvalue weighted by atomic mass is 10.2. The summed E-state index contributed by atoms with van der Waals surface area (Å²) >= 11 is 1.62. The lowest BCUT2D eigenvalue weighted by Gasteiger charge is -2.24. The summed E-state index contributed by atoms with van der Waals surface area (Å²) in [6.07, 6.45) is 0.910. The molecule has 1 rings (SSSR count). The fourth-order valence-corrected chi connectivity index (χ4v) is 3.19. The number of nitrogens with one attached hydrogen (secondary N) is 2. The average Bonchev–Trinajstić information content (AvgIpc) is 2.33. The molecule has 1 aliphatic rings. The number of aliphatic carboxylic acids is 1. The Hall–Kier alpha value is -0.800. The molecule has 1 saturated heterocycles. The van der Waals surface area contributed by atoms with E-state index in [1.165, 1.54) is 0 Å². The van der Waals surface area contributed by atoms with Gasteiger partial charge in [0.2, 0.25) is 5.91 Å². The van der Waals surface area contributed by atoms with E-state index in [2.05, 4.69) is 10.6 Å². The number of amides is 1. The lowest BCUT2D eigenvalue weighted by molar-refractivity contribution is -0.142. The van der Waals surface area contributed by atoms with Gasteiger partial charge >= 0.3 is 5.97 Å². The van der Waals surface area contributed by atoms with E-state index < -0.39 is 33.8 Å². The second-order valence-electron chi connectivity index (χ2n) is 4.40. The molecule has 0 spiro atoms. The normalized spacial score (nSPS) is 21.6. The van der Waals surface area contributed by atoms with Gasteiger partial charge in [-0.1, -0.05) is 0 Å². The molecule has 2 atom stereocenters. The van der Waals surface area contributed by atoms with Crippen molar-refractivity contribution in [2.75, 3.05) is 30.1 Å². The standard InChI is InChI=1S/C10H18N2O5S2/c1-19(16,17)5-2-7(10(14)15)12-9(13)8-6-18-4-3-11-8/h7-8,11H,2-6H2,1H3,(H,12,13)(H,14,15). The Labute approximate surface area is 116 Å². The Bertz CT molecular complexity index is 431. The Kier molecular flexibility index (Phi) is 6.08. The predicted molar refractivity (Wildman–Crippen MR) is 73.0 cm³/mol. The van der Waals surface area contributed by atoms with Crippen LogP contribution < -0.4 is 10.6 Å². The van der Waals surface area contributed by atoms with Gasteiger partial charge in [-0.25, -0.2) is 13.2 Å². The van der Waals surface area contributed by atoms with Crippen LogP contribution in [0.5, 0.6) is 0 Å². The number of carboxylic acid groups (broad SMARTS) is 1. The Morgan fingerprint density at radius 3 is 2.68 bits per heavy atom. The van der Waals surface area contributed by atoms with E-state index in [0.29, 0.717) is 12.3 Å². The number of hydrogen-bond donors (Lipinski definition) is 3. The zero-order chi connectivity index (χ0) is 14.5. The van der Waals surface area contributed by atoms with Crippen LogP contribution in [0.4, 0.5) is 0 Å². The second kappa shape index (κ2) is 7.11. The first-order valence-corrected chi connectivity index (χ1v) is 9.03. The summed E-state index contributed by atoms with van der Waals surface area (Å²) < 4.78 is 22.0. The van der Waals surface area contributed by atoms with E-state index in [1.54, 1.807) is 11.8 Å². The third-order valence-electron chi connectivity index (χ3n) is 2.63. The van der Waals surface area contributed by atoms with E-state index in [-0.39, 0.29) is 12.2 Å². The summed E-state index contributed by atoms with van der Waals surface area (Å²) in [6, 6.07) is -1.59. The van der Waals surface area contributed by atoms with Crippen molar-refractivity contribution in [3.05, 3.63) is 0 Å². The molecule has 7 nitrogen and oxygen atoms in total. The van der Waals surface area contributed by atoms with Crippen molar-refractivity contribution in [1.29, 1.82) is 0 Å². The number of carbonyl (C=O) groups is 2. The minimum absolute atomic E-state index is 0.125. The maximum Gasteiger partial charge on any atom is 0.326 e. The minimum atomic E-state index is -3.25. The summed E-state index contributed by atoms with van der Waals surface area (Å²) in [5, 5.41) is 14.4. The molecular weight excluding hydrogens is 292 g/mol. The molecule has 0 aromatic rings. The zero-order valence-corrected chi connectivity index (χ0v) is 12.2. The van der Waals surface area contributed by atoms with E-state index in [9.17, 15) is 18.0 Å². The molecule has 1 amide bonds. The van der Waals surface area contributed by atoms with Crippen LogP contribution in [-0.4, -0.2) is 67.5 Å². The third-order valence-corrected chi connectivity index (χ3v) is 4.67. The number of hydrogen-bond acceptors (Lipinski definition) is 6. The van der Waals surface area contributed by atoms with Gasteiger partial charge in [0.15, 0.2) is 0 Å². The molecule has 1 aliphatic heterocycles. The Morgan fingerprint density at radius 1 is 1.53 bits per heavy atom. The van der Waals surface area contributed by atoms with Crippen molar-refractivity contribution >= 4 is 33.5 Å². The van der Waals surface area contributed by atoms with Crippen LogP contribution in [0.2, 0.25) is 0 Å². The summed E-state index contributed by atoms with van der Waals surface area (Å²) in [5.74, 6) is -0.379. The fraction of sp³-hybridized carbons (Fsp3) is 0.800. The van der Waals surface area contributed by atoms with Crippen LogP contribution in [0.15, 0.2) is 0 Å². The molecule has 1 fully saturated rings. The number of sulfone groups is 1. The number of carboxylic acids is 1. The third kappa shape index (κ3) is 6.26. The zero-order valence-electron chi connectivity index (χ0n) is 10.6. The van der Waals surface area contributed by atoms with Crippen molar-refractivity contribution in [1.82, 2.24) is 10.6 Å². The Balaban J connectivity index is 2.52. The van der Waals surface area contributed by atoms with Crippen molar-refractivity contribution in [2.45, 2.75) is 18.5 Å². The molecule has 0 aliphatic carbocycles. The van der Waals surface area contributed by atoms with Crippen LogP contribution >= 0.6 is 11.8 Å². The summed E-state index contributed by atoms with van der Waals surface area (Å²) in [7, 11) is -3.25. The molecule has 2 unspecified atom stereocenters. The molecule has 0 radical (unpaired) electrons. The average molecular weight is 310 g/mol. The quantitative estimate of drug-likeness (QED) is 0.558. The van der Waals surface area contributed by atoms with Crippen molar-refractivity contribution < 1.29 is 23.1 Å². The first-order chi connectivity index (χ1) is 8.79. The highest BCUT2D eigenvalue weighted by Gasteiger charge is 2.27. The topological polar surface area (TPSA) is 113 Å². The SMILES string of the molecule is CS(=O)(=O)CCC(NC(=O)C1CSCCN1)C(=O)O. The molecule has 0 aromatic carbocycles. The molecule has 0 aromatic heterocycles. The van der Waals surface area contributed by atoms with Crippen LogP contribution in [0.3, 0.4) is 0 Å². The highest BCUT2D eigenvalue weighted by molar-refractivity contribution is 7.99. The minimum Gasteiger partial charge on any atom is -0.480 e. The summed E-state index contributed by atoms with van der Waals surface area (Å²) in [4.78, 5) is 22.8. The number of rotatable bonds is 6. The molecular formula is C10H18N2O5S2. The van der Waals surface area contributed by atoms with Gasteiger partial charge in [-0.15, -0.1) is 0 Å². The Morgan fingerprint density at radius 2 is 2.21 bits per heavy atom. The van der Waals surface area contributed by atoms with Gasteiger partial charge in [-0.3, -0.25) is 4.79 Å². The highest BCUT2D eigenvalue weighted by Crippen LogP contribution is 2.08. The second-order valence-corrected chi connectivity index (χ2v) is 7.81. The van der Waals surface area contributed by atoms with Crippen molar-refractivity contribution in [3.8, 4) is 0 Å². The monoisotopic (exact) mass is 310 g/mol. The molecule has 110 valence electrons. The summed E-state index contributed by atoms with van der Waals surface area (Å²) in [5.41, 5.74) is 0. The molecule has 9 heteroatoms.